The maximum Gasteiger partial charge on any atom is 0.407 e. The highest BCUT2D eigenvalue weighted by Gasteiger charge is 2.43. The summed E-state index contributed by atoms with van der Waals surface area (Å²) in [4.78, 5) is 38.4. The summed E-state index contributed by atoms with van der Waals surface area (Å²) in [5.74, 6) is -1.46. The maximum absolute atomic E-state index is 12.9. The van der Waals surface area contributed by atoms with Gasteiger partial charge in [-0.2, -0.15) is 0 Å². The van der Waals surface area contributed by atoms with E-state index in [0.717, 1.165) is 22.3 Å². The zero-order chi connectivity index (χ0) is 22.9. The number of carbonyl (C=O) groups excluding carboxylic acids is 2. The van der Waals surface area contributed by atoms with Crippen LogP contribution in [0.25, 0.3) is 11.1 Å². The predicted molar refractivity (Wildman–Crippen MR) is 119 cm³/mol. The molecule has 33 heavy (non-hydrogen) atoms. The van der Waals surface area contributed by atoms with Crippen molar-refractivity contribution in [1.29, 1.82) is 0 Å². The number of fused-ring (bicyclic) bond motifs is 3. The normalized spacial score (nSPS) is 23.8. The van der Waals surface area contributed by atoms with E-state index in [0.29, 0.717) is 32.4 Å². The Morgan fingerprint density at radius 2 is 1.70 bits per heavy atom. The number of likely N-dealkylation sites (tertiary alicyclic amines) is 1. The summed E-state index contributed by atoms with van der Waals surface area (Å²) in [5, 5.41) is 12.1. The van der Waals surface area contributed by atoms with Crippen molar-refractivity contribution in [2.24, 2.45) is 0 Å². The molecule has 0 aromatic heterocycles. The van der Waals surface area contributed by atoms with E-state index in [2.05, 4.69) is 29.6 Å². The molecule has 2 aromatic rings. The first-order valence-corrected chi connectivity index (χ1v) is 11.3. The zero-order valence-electron chi connectivity index (χ0n) is 18.1. The topological polar surface area (TPSA) is 105 Å². The molecular formula is C25H26N2O6. The minimum absolute atomic E-state index is 0.0543. The fourth-order valence-electron chi connectivity index (χ4n) is 5.22. The van der Waals surface area contributed by atoms with Crippen molar-refractivity contribution >= 4 is 18.0 Å². The monoisotopic (exact) mass is 450 g/mol. The maximum atomic E-state index is 12.9. The van der Waals surface area contributed by atoms with Crippen molar-refractivity contribution in [1.82, 2.24) is 10.2 Å². The number of carboxylic acids is 1. The second-order valence-corrected chi connectivity index (χ2v) is 8.68. The van der Waals surface area contributed by atoms with Crippen molar-refractivity contribution in [2.75, 3.05) is 19.8 Å². The Bertz CT molecular complexity index is 1040. The predicted octanol–water partition coefficient (Wildman–Crippen LogP) is 2.76. The standard InChI is InChI=1S/C25H26N2O6/c28-23(27-12-5-10-21(27)24(29)30)22-20(11-13-32-22)26-25(31)33-14-19-17-8-3-1-6-15(17)16-7-2-4-9-18(16)19/h1-4,6-9,19-22H,5,10-14H2,(H,26,31)(H,29,30). The van der Waals surface area contributed by atoms with E-state index >= 15 is 0 Å². The van der Waals surface area contributed by atoms with Crippen LogP contribution in [-0.2, 0) is 19.1 Å². The molecule has 3 unspecified atom stereocenters. The third-order valence-corrected chi connectivity index (χ3v) is 6.80. The molecule has 172 valence electrons. The Morgan fingerprint density at radius 3 is 2.36 bits per heavy atom. The summed E-state index contributed by atoms with van der Waals surface area (Å²) in [6.45, 7) is 0.878. The molecule has 0 spiro atoms. The number of carboxylic acid groups (broad SMARTS) is 1. The van der Waals surface area contributed by atoms with Crippen LogP contribution in [0.4, 0.5) is 4.79 Å². The number of hydrogen-bond acceptors (Lipinski definition) is 5. The first-order chi connectivity index (χ1) is 16.0. The number of carbonyl (C=O) groups is 3. The fourth-order valence-corrected chi connectivity index (χ4v) is 5.22. The molecule has 2 aromatic carbocycles. The fraction of sp³-hybridized carbons (Fsp3) is 0.400. The SMILES string of the molecule is O=C(NC1CCOC1C(=O)N1CCCC1C(=O)O)OCC1c2ccccc2-c2ccccc21. The molecular weight excluding hydrogens is 424 g/mol. The molecule has 1 aliphatic carbocycles. The van der Waals surface area contributed by atoms with Crippen LogP contribution in [0.3, 0.4) is 0 Å². The van der Waals surface area contributed by atoms with Crippen LogP contribution in [0.1, 0.15) is 36.3 Å². The van der Waals surface area contributed by atoms with Crippen molar-refractivity contribution < 1.29 is 29.0 Å². The Morgan fingerprint density at radius 1 is 1.03 bits per heavy atom. The van der Waals surface area contributed by atoms with Gasteiger partial charge in [-0.15, -0.1) is 0 Å². The van der Waals surface area contributed by atoms with E-state index in [1.54, 1.807) is 0 Å². The first kappa shape index (κ1) is 21.5. The lowest BCUT2D eigenvalue weighted by molar-refractivity contribution is -0.152. The third kappa shape index (κ3) is 3.95. The van der Waals surface area contributed by atoms with Crippen LogP contribution in [0.15, 0.2) is 48.5 Å². The van der Waals surface area contributed by atoms with Gasteiger partial charge in [-0.3, -0.25) is 4.79 Å². The molecule has 2 heterocycles. The lowest BCUT2D eigenvalue weighted by atomic mass is 9.98. The number of nitrogens with zero attached hydrogens (tertiary/aromatic N) is 1. The van der Waals surface area contributed by atoms with Gasteiger partial charge < -0.3 is 24.8 Å². The number of nitrogens with one attached hydrogen (secondary N) is 1. The molecule has 8 heteroatoms. The molecule has 0 saturated carbocycles. The van der Waals surface area contributed by atoms with E-state index in [4.69, 9.17) is 9.47 Å². The van der Waals surface area contributed by atoms with Crippen LogP contribution >= 0.6 is 0 Å². The lowest BCUT2D eigenvalue weighted by Gasteiger charge is -2.27. The number of hydrogen-bond donors (Lipinski definition) is 2. The highest BCUT2D eigenvalue weighted by molar-refractivity contribution is 5.88. The van der Waals surface area contributed by atoms with Gasteiger partial charge in [0.2, 0.25) is 0 Å². The number of aliphatic carboxylic acids is 1. The molecule has 2 aliphatic heterocycles. The third-order valence-electron chi connectivity index (χ3n) is 6.80. The number of rotatable bonds is 5. The Hall–Kier alpha value is -3.39. The molecule has 0 bridgehead atoms. The Balaban J connectivity index is 1.23. The van der Waals surface area contributed by atoms with Crippen molar-refractivity contribution in [2.45, 2.75) is 43.4 Å². The van der Waals surface area contributed by atoms with Crippen LogP contribution in [0, 0.1) is 0 Å². The molecule has 3 aliphatic rings. The van der Waals surface area contributed by atoms with Gasteiger partial charge in [0.15, 0.2) is 6.10 Å². The van der Waals surface area contributed by atoms with Crippen LogP contribution < -0.4 is 5.32 Å². The molecule has 0 radical (unpaired) electrons. The molecule has 2 amide bonds. The van der Waals surface area contributed by atoms with E-state index in [1.807, 2.05) is 24.3 Å². The van der Waals surface area contributed by atoms with E-state index < -0.39 is 30.3 Å². The van der Waals surface area contributed by atoms with Crippen LogP contribution in [-0.4, -0.2) is 65.9 Å². The van der Waals surface area contributed by atoms with Gasteiger partial charge in [-0.25, -0.2) is 9.59 Å². The number of amides is 2. The molecule has 8 nitrogen and oxygen atoms in total. The smallest absolute Gasteiger partial charge is 0.407 e. The average Bonchev–Trinajstić information content (AvgIpc) is 3.55. The summed E-state index contributed by atoms with van der Waals surface area (Å²) < 4.78 is 11.2. The van der Waals surface area contributed by atoms with Crippen molar-refractivity contribution in [3.8, 4) is 11.1 Å². The average molecular weight is 450 g/mol. The first-order valence-electron chi connectivity index (χ1n) is 11.3. The molecule has 2 N–H and O–H groups in total. The summed E-state index contributed by atoms with van der Waals surface area (Å²) >= 11 is 0. The Labute approximate surface area is 191 Å². The lowest BCUT2D eigenvalue weighted by Crippen LogP contribution is -2.52. The molecule has 2 fully saturated rings. The van der Waals surface area contributed by atoms with Crippen LogP contribution in [0.5, 0.6) is 0 Å². The van der Waals surface area contributed by atoms with Gasteiger partial charge >= 0.3 is 12.1 Å². The van der Waals surface area contributed by atoms with E-state index in [-0.39, 0.29) is 18.4 Å². The second kappa shape index (κ2) is 8.86. The van der Waals surface area contributed by atoms with Crippen LogP contribution in [0.2, 0.25) is 0 Å². The van der Waals surface area contributed by atoms with Gasteiger partial charge in [0.05, 0.1) is 6.04 Å². The number of ether oxygens (including phenoxy) is 2. The Kier molecular flexibility index (Phi) is 5.76. The van der Waals surface area contributed by atoms with Crippen molar-refractivity contribution in [3.05, 3.63) is 59.7 Å². The highest BCUT2D eigenvalue weighted by atomic mass is 16.6. The largest absolute Gasteiger partial charge is 0.480 e. The molecule has 3 atom stereocenters. The second-order valence-electron chi connectivity index (χ2n) is 8.68. The van der Waals surface area contributed by atoms with Gasteiger partial charge in [-0.1, -0.05) is 48.5 Å². The summed E-state index contributed by atoms with van der Waals surface area (Å²) in [6, 6.07) is 14.8. The minimum Gasteiger partial charge on any atom is -0.480 e. The number of alkyl carbamates (subject to hydrolysis) is 1. The minimum atomic E-state index is -1.01. The summed E-state index contributed by atoms with van der Waals surface area (Å²) in [5.41, 5.74) is 4.54. The van der Waals surface area contributed by atoms with Gasteiger partial charge in [-0.05, 0) is 41.5 Å². The van der Waals surface area contributed by atoms with E-state index in [1.165, 1.54) is 4.90 Å². The summed E-state index contributed by atoms with van der Waals surface area (Å²) in [6.07, 6.45) is 0.0245. The van der Waals surface area contributed by atoms with Gasteiger partial charge in [0.1, 0.15) is 12.6 Å². The quantitative estimate of drug-likeness (QED) is 0.726. The van der Waals surface area contributed by atoms with Crippen molar-refractivity contribution in [3.63, 3.8) is 0 Å². The number of benzene rings is 2. The highest BCUT2D eigenvalue weighted by Crippen LogP contribution is 2.44. The summed E-state index contributed by atoms with van der Waals surface area (Å²) in [7, 11) is 0. The van der Waals surface area contributed by atoms with Gasteiger partial charge in [0, 0.05) is 19.1 Å². The molecule has 2 saturated heterocycles. The zero-order valence-corrected chi connectivity index (χ0v) is 18.1. The van der Waals surface area contributed by atoms with Gasteiger partial charge in [0.25, 0.3) is 5.91 Å². The van der Waals surface area contributed by atoms with E-state index in [9.17, 15) is 19.5 Å². The molecule has 5 rings (SSSR count).